The van der Waals surface area contributed by atoms with Gasteiger partial charge in [0, 0.05) is 22.9 Å². The van der Waals surface area contributed by atoms with Gasteiger partial charge in [-0.2, -0.15) is 0 Å². The van der Waals surface area contributed by atoms with E-state index in [4.69, 9.17) is 16.3 Å². The first kappa shape index (κ1) is 16.7. The summed E-state index contributed by atoms with van der Waals surface area (Å²) in [5, 5.41) is 3.63. The number of hydrogen-bond donors (Lipinski definition) is 1. The third kappa shape index (κ3) is 5.28. The molecule has 0 aliphatic carbocycles. The molecule has 0 aliphatic heterocycles. The second-order valence-electron chi connectivity index (χ2n) is 4.71. The number of carbonyl (C=O) groups excluding carboxylic acids is 1. The maximum absolute atomic E-state index is 11.9. The van der Waals surface area contributed by atoms with Crippen molar-refractivity contribution in [1.29, 1.82) is 0 Å². The molecule has 0 spiro atoms. The molecule has 116 valence electrons. The first-order valence-corrected chi connectivity index (χ1v) is 8.43. The zero-order chi connectivity index (χ0) is 15.8. The summed E-state index contributed by atoms with van der Waals surface area (Å²) >= 11 is 7.50. The smallest absolute Gasteiger partial charge is 0.230 e. The zero-order valence-corrected chi connectivity index (χ0v) is 13.9. The summed E-state index contributed by atoms with van der Waals surface area (Å²) in [6, 6.07) is 15.3. The van der Waals surface area contributed by atoms with Gasteiger partial charge in [0.1, 0.15) is 5.75 Å². The average molecular weight is 336 g/mol. The molecule has 0 unspecified atom stereocenters. The monoisotopic (exact) mass is 335 g/mol. The van der Waals surface area contributed by atoms with Crippen LogP contribution in [0.1, 0.15) is 11.1 Å². The summed E-state index contributed by atoms with van der Waals surface area (Å²) in [6.07, 6.45) is 0. The van der Waals surface area contributed by atoms with Gasteiger partial charge in [0.2, 0.25) is 5.91 Å². The predicted octanol–water partition coefficient (Wildman–Crippen LogP) is 3.90. The van der Waals surface area contributed by atoms with E-state index in [2.05, 4.69) is 5.32 Å². The van der Waals surface area contributed by atoms with Gasteiger partial charge in [-0.05, 0) is 23.8 Å². The highest BCUT2D eigenvalue weighted by Gasteiger charge is 2.05. The number of rotatable bonds is 7. The van der Waals surface area contributed by atoms with Gasteiger partial charge in [-0.15, -0.1) is 11.8 Å². The Hall–Kier alpha value is -1.65. The Morgan fingerprint density at radius 3 is 2.82 bits per heavy atom. The van der Waals surface area contributed by atoms with E-state index in [-0.39, 0.29) is 5.91 Å². The third-order valence-corrected chi connectivity index (χ3v) is 4.30. The van der Waals surface area contributed by atoms with Crippen LogP contribution >= 0.6 is 23.4 Å². The normalized spacial score (nSPS) is 10.3. The molecule has 0 saturated carbocycles. The molecular weight excluding hydrogens is 318 g/mol. The molecule has 5 heteroatoms. The van der Waals surface area contributed by atoms with Gasteiger partial charge < -0.3 is 10.1 Å². The minimum atomic E-state index is 0.0120. The molecule has 22 heavy (non-hydrogen) atoms. The number of ether oxygens (including phenoxy) is 1. The molecule has 0 atom stereocenters. The van der Waals surface area contributed by atoms with Gasteiger partial charge in [0.05, 0.1) is 12.9 Å². The topological polar surface area (TPSA) is 38.3 Å². The van der Waals surface area contributed by atoms with E-state index in [0.717, 1.165) is 27.7 Å². The van der Waals surface area contributed by atoms with Gasteiger partial charge in [-0.1, -0.05) is 41.9 Å². The number of carbonyl (C=O) groups is 1. The quantitative estimate of drug-likeness (QED) is 0.834. The van der Waals surface area contributed by atoms with Crippen LogP contribution in [0.15, 0.2) is 48.5 Å². The van der Waals surface area contributed by atoms with Crippen molar-refractivity contribution in [3.05, 3.63) is 64.7 Å². The van der Waals surface area contributed by atoms with E-state index < -0.39 is 0 Å². The molecule has 0 radical (unpaired) electrons. The largest absolute Gasteiger partial charge is 0.496 e. The second kappa shape index (κ2) is 8.71. The number of thioether (sulfide) groups is 1. The van der Waals surface area contributed by atoms with Gasteiger partial charge in [0.15, 0.2) is 0 Å². The Morgan fingerprint density at radius 2 is 2.05 bits per heavy atom. The average Bonchev–Trinajstić information content (AvgIpc) is 2.53. The predicted molar refractivity (Wildman–Crippen MR) is 92.5 cm³/mol. The van der Waals surface area contributed by atoms with E-state index in [0.29, 0.717) is 12.3 Å². The van der Waals surface area contributed by atoms with Crippen molar-refractivity contribution in [3.63, 3.8) is 0 Å². The molecule has 3 nitrogen and oxygen atoms in total. The van der Waals surface area contributed by atoms with Gasteiger partial charge in [-0.3, -0.25) is 4.79 Å². The summed E-state index contributed by atoms with van der Waals surface area (Å²) in [7, 11) is 1.63. The Labute approximate surface area is 140 Å². The lowest BCUT2D eigenvalue weighted by molar-refractivity contribution is -0.118. The highest BCUT2D eigenvalue weighted by atomic mass is 35.5. The fourth-order valence-corrected chi connectivity index (χ4v) is 3.00. The third-order valence-electron chi connectivity index (χ3n) is 3.06. The van der Waals surface area contributed by atoms with Gasteiger partial charge in [0.25, 0.3) is 0 Å². The molecule has 0 heterocycles. The summed E-state index contributed by atoms with van der Waals surface area (Å²) in [5.74, 6) is 1.98. The SMILES string of the molecule is COc1ccccc1CNC(=O)CSCc1cccc(Cl)c1. The number of benzene rings is 2. The molecule has 1 amide bonds. The van der Waals surface area contributed by atoms with Crippen LogP contribution in [0.3, 0.4) is 0 Å². The maximum Gasteiger partial charge on any atom is 0.230 e. The summed E-state index contributed by atoms with van der Waals surface area (Å²) < 4.78 is 5.26. The fraction of sp³-hybridized carbons (Fsp3) is 0.235. The van der Waals surface area contributed by atoms with Crippen molar-refractivity contribution in [3.8, 4) is 5.75 Å². The Morgan fingerprint density at radius 1 is 1.23 bits per heavy atom. The van der Waals surface area contributed by atoms with E-state index in [9.17, 15) is 4.79 Å². The molecule has 0 aliphatic rings. The van der Waals surface area contributed by atoms with Gasteiger partial charge in [-0.25, -0.2) is 0 Å². The summed E-state index contributed by atoms with van der Waals surface area (Å²) in [6.45, 7) is 0.473. The van der Waals surface area contributed by atoms with E-state index in [1.165, 1.54) is 0 Å². The number of nitrogens with one attached hydrogen (secondary N) is 1. The van der Waals surface area contributed by atoms with E-state index >= 15 is 0 Å². The van der Waals surface area contributed by atoms with Crippen LogP contribution in [0.5, 0.6) is 5.75 Å². The molecule has 2 rings (SSSR count). The van der Waals surface area contributed by atoms with Crippen LogP contribution in [0.25, 0.3) is 0 Å². The van der Waals surface area contributed by atoms with E-state index in [1.807, 2.05) is 48.5 Å². The number of amides is 1. The zero-order valence-electron chi connectivity index (χ0n) is 12.3. The van der Waals surface area contributed by atoms with Crippen LogP contribution < -0.4 is 10.1 Å². The molecule has 0 bridgehead atoms. The second-order valence-corrected chi connectivity index (χ2v) is 6.13. The van der Waals surface area contributed by atoms with Crippen LogP contribution in [0, 0.1) is 0 Å². The molecule has 1 N–H and O–H groups in total. The molecule has 2 aromatic rings. The molecule has 0 saturated heterocycles. The van der Waals surface area contributed by atoms with Gasteiger partial charge >= 0.3 is 0 Å². The Kier molecular flexibility index (Phi) is 6.62. The number of hydrogen-bond acceptors (Lipinski definition) is 3. The molecule has 2 aromatic carbocycles. The van der Waals surface area contributed by atoms with Crippen molar-refractivity contribution < 1.29 is 9.53 Å². The number of methoxy groups -OCH3 is 1. The lowest BCUT2D eigenvalue weighted by Gasteiger charge is -2.09. The standard InChI is InChI=1S/C17H18ClNO2S/c1-21-16-8-3-2-6-14(16)10-19-17(20)12-22-11-13-5-4-7-15(18)9-13/h2-9H,10-12H2,1H3,(H,19,20). The highest BCUT2D eigenvalue weighted by Crippen LogP contribution is 2.18. The number of halogens is 1. The first-order chi connectivity index (χ1) is 10.7. The molecule has 0 fully saturated rings. The van der Waals surface area contributed by atoms with Crippen molar-refractivity contribution in [2.24, 2.45) is 0 Å². The first-order valence-electron chi connectivity index (χ1n) is 6.90. The van der Waals surface area contributed by atoms with Crippen LogP contribution in [0.4, 0.5) is 0 Å². The minimum Gasteiger partial charge on any atom is -0.496 e. The lowest BCUT2D eigenvalue weighted by atomic mass is 10.2. The molecular formula is C17H18ClNO2S. The van der Waals surface area contributed by atoms with E-state index in [1.54, 1.807) is 18.9 Å². The van der Waals surface area contributed by atoms with Crippen LogP contribution in [-0.4, -0.2) is 18.8 Å². The minimum absolute atomic E-state index is 0.0120. The van der Waals surface area contributed by atoms with Crippen molar-refractivity contribution in [1.82, 2.24) is 5.32 Å². The van der Waals surface area contributed by atoms with Crippen LogP contribution in [0.2, 0.25) is 5.02 Å². The maximum atomic E-state index is 11.9. The Balaban J connectivity index is 1.74. The summed E-state index contributed by atoms with van der Waals surface area (Å²) in [5.41, 5.74) is 2.09. The van der Waals surface area contributed by atoms with Crippen molar-refractivity contribution in [2.45, 2.75) is 12.3 Å². The fourth-order valence-electron chi connectivity index (χ4n) is 1.98. The molecule has 0 aromatic heterocycles. The van der Waals surface area contributed by atoms with Crippen molar-refractivity contribution in [2.75, 3.05) is 12.9 Å². The lowest BCUT2D eigenvalue weighted by Crippen LogP contribution is -2.24. The Bertz CT molecular complexity index is 634. The number of para-hydroxylation sites is 1. The highest BCUT2D eigenvalue weighted by molar-refractivity contribution is 7.99. The summed E-state index contributed by atoms with van der Waals surface area (Å²) in [4.78, 5) is 11.9. The van der Waals surface area contributed by atoms with Crippen molar-refractivity contribution >= 4 is 29.3 Å². The van der Waals surface area contributed by atoms with Crippen LogP contribution in [-0.2, 0) is 17.1 Å².